The van der Waals surface area contributed by atoms with Crippen LogP contribution in [0.1, 0.15) is 54.6 Å². The summed E-state index contributed by atoms with van der Waals surface area (Å²) in [5, 5.41) is 3.11. The summed E-state index contributed by atoms with van der Waals surface area (Å²) in [4.78, 5) is 39.6. The van der Waals surface area contributed by atoms with Crippen molar-refractivity contribution in [2.24, 2.45) is 5.92 Å². The zero-order valence-electron chi connectivity index (χ0n) is 16.8. The molecule has 1 aromatic heterocycles. The van der Waals surface area contributed by atoms with E-state index in [4.69, 9.17) is 0 Å². The fraction of sp³-hybridized carbons (Fsp3) is 0.348. The predicted molar refractivity (Wildman–Crippen MR) is 113 cm³/mol. The van der Waals surface area contributed by atoms with Gasteiger partial charge in [0, 0.05) is 12.1 Å². The first-order valence-electron chi connectivity index (χ1n) is 10.3. The van der Waals surface area contributed by atoms with Crippen LogP contribution in [0.2, 0.25) is 0 Å². The number of fused-ring (bicyclic) bond motifs is 1. The number of aromatic nitrogens is 2. The molecule has 1 fully saturated rings. The van der Waals surface area contributed by atoms with Gasteiger partial charge in [0.15, 0.2) is 0 Å². The van der Waals surface area contributed by atoms with Gasteiger partial charge in [0.05, 0.1) is 17.1 Å². The molecular formula is C23H24FN3O3. The quantitative estimate of drug-likeness (QED) is 0.633. The monoisotopic (exact) mass is 409 g/mol. The largest absolute Gasteiger partial charge is 0.345 e. The summed E-state index contributed by atoms with van der Waals surface area (Å²) in [6, 6.07) is 11.0. The average molecular weight is 409 g/mol. The van der Waals surface area contributed by atoms with Crippen molar-refractivity contribution >= 4 is 16.9 Å². The first-order chi connectivity index (χ1) is 14.5. The number of hydrogen-bond acceptors (Lipinski definition) is 3. The van der Waals surface area contributed by atoms with Crippen molar-refractivity contribution in [1.82, 2.24) is 14.9 Å². The van der Waals surface area contributed by atoms with Crippen LogP contribution in [0.25, 0.3) is 11.0 Å². The van der Waals surface area contributed by atoms with Crippen molar-refractivity contribution in [2.45, 2.75) is 45.2 Å². The maximum atomic E-state index is 13.4. The minimum Gasteiger partial charge on any atom is -0.345 e. The van der Waals surface area contributed by atoms with E-state index < -0.39 is 11.1 Å². The number of aromatic amines is 1. The van der Waals surface area contributed by atoms with Gasteiger partial charge in [-0.2, -0.15) is 0 Å². The Hall–Kier alpha value is -3.22. The van der Waals surface area contributed by atoms with Gasteiger partial charge in [0.2, 0.25) is 0 Å². The maximum absolute atomic E-state index is 13.4. The van der Waals surface area contributed by atoms with Crippen LogP contribution in [0.5, 0.6) is 0 Å². The van der Waals surface area contributed by atoms with Crippen LogP contribution in [0, 0.1) is 11.7 Å². The molecule has 6 nitrogen and oxygen atoms in total. The van der Waals surface area contributed by atoms with E-state index in [-0.39, 0.29) is 17.8 Å². The second-order valence-electron chi connectivity index (χ2n) is 7.78. The number of hydrogen-bond donors (Lipinski definition) is 2. The van der Waals surface area contributed by atoms with E-state index in [9.17, 15) is 18.8 Å². The minimum atomic E-state index is -0.711. The number of carbonyl (C=O) groups excluding carboxylic acids is 1. The molecule has 156 valence electrons. The Labute approximate surface area is 172 Å². The third kappa shape index (κ3) is 3.79. The summed E-state index contributed by atoms with van der Waals surface area (Å²) in [5.74, 6) is -0.283. The number of amides is 1. The highest BCUT2D eigenvalue weighted by Gasteiger charge is 2.28. The van der Waals surface area contributed by atoms with E-state index in [1.807, 2.05) is 0 Å². The zero-order chi connectivity index (χ0) is 21.3. The third-order valence-electron chi connectivity index (χ3n) is 5.94. The first-order valence-corrected chi connectivity index (χ1v) is 10.3. The van der Waals surface area contributed by atoms with Crippen LogP contribution in [-0.4, -0.2) is 15.5 Å². The predicted octanol–water partition coefficient (Wildman–Crippen LogP) is 3.51. The Morgan fingerprint density at radius 1 is 1.17 bits per heavy atom. The van der Waals surface area contributed by atoms with Gasteiger partial charge in [-0.05, 0) is 61.6 Å². The molecule has 0 aliphatic heterocycles. The van der Waals surface area contributed by atoms with Gasteiger partial charge >= 0.3 is 11.1 Å². The summed E-state index contributed by atoms with van der Waals surface area (Å²) >= 11 is 0. The van der Waals surface area contributed by atoms with Crippen molar-refractivity contribution < 1.29 is 9.18 Å². The molecular weight excluding hydrogens is 385 g/mol. The van der Waals surface area contributed by atoms with E-state index in [2.05, 4.69) is 10.3 Å². The Morgan fingerprint density at radius 3 is 2.53 bits per heavy atom. The molecule has 30 heavy (non-hydrogen) atoms. The normalized spacial score (nSPS) is 15.4. The Kier molecular flexibility index (Phi) is 5.53. The number of halogens is 1. The highest BCUT2D eigenvalue weighted by Crippen LogP contribution is 2.36. The SMILES string of the molecule is CCn1c(=O)c(=O)[nH]c2cc(C(=O)NC(c3ccc(F)cc3)C3CCCC3)ccc21. The Bertz CT molecular complexity index is 1190. The lowest BCUT2D eigenvalue weighted by atomic mass is 9.91. The number of rotatable bonds is 5. The molecule has 1 heterocycles. The fourth-order valence-electron chi connectivity index (χ4n) is 4.39. The number of H-pyrrole nitrogens is 1. The molecule has 1 aliphatic rings. The maximum Gasteiger partial charge on any atom is 0.316 e. The second kappa shape index (κ2) is 8.26. The molecule has 7 heteroatoms. The second-order valence-corrected chi connectivity index (χ2v) is 7.78. The molecule has 2 aromatic carbocycles. The molecule has 1 unspecified atom stereocenters. The van der Waals surface area contributed by atoms with E-state index in [0.717, 1.165) is 31.2 Å². The lowest BCUT2D eigenvalue weighted by Crippen LogP contribution is -2.36. The Balaban J connectivity index is 1.67. The van der Waals surface area contributed by atoms with Gasteiger partial charge in [-0.1, -0.05) is 25.0 Å². The summed E-state index contributed by atoms with van der Waals surface area (Å²) in [7, 11) is 0. The summed E-state index contributed by atoms with van der Waals surface area (Å²) in [5.41, 5.74) is 0.963. The van der Waals surface area contributed by atoms with Crippen LogP contribution in [-0.2, 0) is 6.54 Å². The molecule has 0 spiro atoms. The summed E-state index contributed by atoms with van der Waals surface area (Å²) < 4.78 is 14.8. The van der Waals surface area contributed by atoms with Gasteiger partial charge in [-0.15, -0.1) is 0 Å². The van der Waals surface area contributed by atoms with E-state index in [0.29, 0.717) is 29.1 Å². The van der Waals surface area contributed by atoms with Crippen LogP contribution < -0.4 is 16.4 Å². The number of nitrogens with one attached hydrogen (secondary N) is 2. The molecule has 0 bridgehead atoms. The van der Waals surface area contributed by atoms with Gasteiger partial charge in [0.1, 0.15) is 5.82 Å². The molecule has 2 N–H and O–H groups in total. The van der Waals surface area contributed by atoms with Crippen molar-refractivity contribution in [1.29, 1.82) is 0 Å². The molecule has 0 saturated heterocycles. The van der Waals surface area contributed by atoms with Crippen LogP contribution in [0.4, 0.5) is 4.39 Å². The lowest BCUT2D eigenvalue weighted by Gasteiger charge is -2.25. The van der Waals surface area contributed by atoms with E-state index in [1.54, 1.807) is 37.3 Å². The smallest absolute Gasteiger partial charge is 0.316 e. The van der Waals surface area contributed by atoms with Gasteiger partial charge in [-0.25, -0.2) is 4.39 Å². The van der Waals surface area contributed by atoms with Crippen LogP contribution in [0.3, 0.4) is 0 Å². The number of carbonyl (C=O) groups is 1. The standard InChI is InChI=1S/C23H24FN3O3/c1-2-27-19-12-9-16(13-18(19)25-22(29)23(27)30)21(28)26-20(14-5-3-4-6-14)15-7-10-17(24)11-8-15/h7-14,20H,2-6H2,1H3,(H,25,29)(H,26,28). The van der Waals surface area contributed by atoms with Crippen molar-refractivity contribution in [3.63, 3.8) is 0 Å². The minimum absolute atomic E-state index is 0.208. The first kappa shape index (κ1) is 20.1. The summed E-state index contributed by atoms with van der Waals surface area (Å²) in [6.45, 7) is 2.15. The molecule has 4 rings (SSSR count). The van der Waals surface area contributed by atoms with Crippen LogP contribution in [0.15, 0.2) is 52.1 Å². The number of aryl methyl sites for hydroxylation is 1. The van der Waals surface area contributed by atoms with Crippen molar-refractivity contribution in [3.05, 3.63) is 80.1 Å². The molecule has 0 radical (unpaired) electrons. The van der Waals surface area contributed by atoms with E-state index in [1.165, 1.54) is 16.7 Å². The third-order valence-corrected chi connectivity index (χ3v) is 5.94. The highest BCUT2D eigenvalue weighted by molar-refractivity contribution is 5.97. The van der Waals surface area contributed by atoms with E-state index >= 15 is 0 Å². The van der Waals surface area contributed by atoms with Crippen molar-refractivity contribution in [2.75, 3.05) is 0 Å². The zero-order valence-corrected chi connectivity index (χ0v) is 16.8. The molecule has 1 atom stereocenters. The van der Waals surface area contributed by atoms with Gasteiger partial charge in [0.25, 0.3) is 5.91 Å². The molecule has 1 amide bonds. The molecule has 1 saturated carbocycles. The van der Waals surface area contributed by atoms with Crippen LogP contribution >= 0.6 is 0 Å². The lowest BCUT2D eigenvalue weighted by molar-refractivity contribution is 0.0922. The number of benzene rings is 2. The molecule has 1 aliphatic carbocycles. The summed E-state index contributed by atoms with van der Waals surface area (Å²) in [6.07, 6.45) is 4.25. The topological polar surface area (TPSA) is 84.0 Å². The Morgan fingerprint density at radius 2 is 1.87 bits per heavy atom. The molecule has 3 aromatic rings. The highest BCUT2D eigenvalue weighted by atomic mass is 19.1. The fourth-order valence-corrected chi connectivity index (χ4v) is 4.39. The van der Waals surface area contributed by atoms with Crippen molar-refractivity contribution in [3.8, 4) is 0 Å². The van der Waals surface area contributed by atoms with Gasteiger partial charge in [-0.3, -0.25) is 14.4 Å². The average Bonchev–Trinajstić information content (AvgIpc) is 3.28. The number of nitrogens with zero attached hydrogens (tertiary/aromatic N) is 1. The van der Waals surface area contributed by atoms with Gasteiger partial charge < -0.3 is 14.9 Å².